The second-order valence-corrected chi connectivity index (χ2v) is 3.90. The van der Waals surface area contributed by atoms with Gasteiger partial charge in [-0.15, -0.1) is 0 Å². The van der Waals surface area contributed by atoms with E-state index in [1.165, 1.54) is 0 Å². The number of hydrogen-bond acceptors (Lipinski definition) is 4. The monoisotopic (exact) mass is 221 g/mol. The first-order valence-corrected chi connectivity index (χ1v) is 4.98. The van der Waals surface area contributed by atoms with E-state index in [4.69, 9.17) is 10.2 Å². The molecule has 0 saturated carbocycles. The molecule has 1 heterocycles. The van der Waals surface area contributed by atoms with Crippen LogP contribution in [-0.2, 0) is 0 Å². The first-order chi connectivity index (χ1) is 7.16. The van der Waals surface area contributed by atoms with Crippen molar-refractivity contribution >= 4 is 28.0 Å². The normalized spacial score (nSPS) is 10.4. The van der Waals surface area contributed by atoms with Crippen LogP contribution in [0.4, 0.5) is 4.79 Å². The Morgan fingerprint density at radius 2 is 2.07 bits per heavy atom. The molecule has 0 aliphatic carbocycles. The Balaban J connectivity index is 2.62. The quantitative estimate of drug-likeness (QED) is 0.590. The Kier molecular flexibility index (Phi) is 2.47. The molecule has 4 nitrogen and oxygen atoms in total. The second-order valence-electron chi connectivity index (χ2n) is 2.86. The molecule has 0 atom stereocenters. The van der Waals surface area contributed by atoms with Gasteiger partial charge in [0.25, 0.3) is 5.24 Å². The van der Waals surface area contributed by atoms with Gasteiger partial charge in [-0.25, -0.2) is 4.79 Å². The lowest BCUT2D eigenvalue weighted by molar-refractivity contribution is 0.267. The third-order valence-corrected chi connectivity index (χ3v) is 2.53. The molecule has 2 N–H and O–H groups in total. The van der Waals surface area contributed by atoms with Crippen LogP contribution in [0.15, 0.2) is 44.4 Å². The van der Waals surface area contributed by atoms with Crippen molar-refractivity contribution in [1.82, 2.24) is 0 Å². The molecule has 5 heteroatoms. The SMILES string of the molecule is NC(=O)Sc1cc2ccccc2oc1=O. The Hall–Kier alpha value is -1.75. The molecule has 1 aromatic heterocycles. The average Bonchev–Trinajstić information content (AvgIpc) is 2.18. The minimum atomic E-state index is -0.627. The number of thioether (sulfide) groups is 1. The van der Waals surface area contributed by atoms with Gasteiger partial charge < -0.3 is 10.2 Å². The Morgan fingerprint density at radius 3 is 2.80 bits per heavy atom. The highest BCUT2D eigenvalue weighted by Crippen LogP contribution is 2.19. The van der Waals surface area contributed by atoms with Crippen molar-refractivity contribution in [3.05, 3.63) is 40.8 Å². The summed E-state index contributed by atoms with van der Waals surface area (Å²) in [5.74, 6) is 0. The Labute approximate surface area is 89.1 Å². The van der Waals surface area contributed by atoms with Crippen LogP contribution >= 0.6 is 11.8 Å². The fourth-order valence-corrected chi connectivity index (χ4v) is 1.75. The van der Waals surface area contributed by atoms with E-state index in [1.54, 1.807) is 24.3 Å². The van der Waals surface area contributed by atoms with Gasteiger partial charge in [0.1, 0.15) is 10.5 Å². The van der Waals surface area contributed by atoms with E-state index < -0.39 is 10.9 Å². The molecule has 0 unspecified atom stereocenters. The molecule has 0 saturated heterocycles. The number of fused-ring (bicyclic) bond motifs is 1. The molecule has 76 valence electrons. The maximum absolute atomic E-state index is 11.4. The summed E-state index contributed by atoms with van der Waals surface area (Å²) in [7, 11) is 0. The topological polar surface area (TPSA) is 73.3 Å². The standard InChI is InChI=1S/C10H7NO3S/c11-10(13)15-8-5-6-3-1-2-4-7(6)14-9(8)12/h1-5H,(H2,11,13). The molecule has 2 aromatic rings. The lowest BCUT2D eigenvalue weighted by atomic mass is 10.2. The molecule has 2 rings (SSSR count). The van der Waals surface area contributed by atoms with Crippen molar-refractivity contribution in [2.75, 3.05) is 0 Å². The highest BCUT2D eigenvalue weighted by molar-refractivity contribution is 8.13. The van der Waals surface area contributed by atoms with Crippen molar-refractivity contribution in [2.24, 2.45) is 5.73 Å². The highest BCUT2D eigenvalue weighted by atomic mass is 32.2. The van der Waals surface area contributed by atoms with Crippen LogP contribution in [0, 0.1) is 0 Å². The van der Waals surface area contributed by atoms with Gasteiger partial charge in [-0.05, 0) is 23.9 Å². The van der Waals surface area contributed by atoms with Gasteiger partial charge in [0.05, 0.1) is 0 Å². The van der Waals surface area contributed by atoms with Gasteiger partial charge in [0, 0.05) is 5.39 Å². The van der Waals surface area contributed by atoms with Gasteiger partial charge >= 0.3 is 5.63 Å². The summed E-state index contributed by atoms with van der Waals surface area (Å²) in [4.78, 5) is 22.2. The van der Waals surface area contributed by atoms with Crippen LogP contribution in [-0.4, -0.2) is 5.24 Å². The number of primary amides is 1. The van der Waals surface area contributed by atoms with E-state index in [0.29, 0.717) is 17.3 Å². The Bertz CT molecular complexity index is 576. The summed E-state index contributed by atoms with van der Waals surface area (Å²) in [6, 6.07) is 8.67. The molecule has 1 aromatic carbocycles. The highest BCUT2D eigenvalue weighted by Gasteiger charge is 2.07. The number of carbonyl (C=O) groups excluding carboxylic acids is 1. The molecule has 15 heavy (non-hydrogen) atoms. The molecule has 0 fully saturated rings. The smallest absolute Gasteiger partial charge is 0.350 e. The predicted molar refractivity (Wildman–Crippen MR) is 57.9 cm³/mol. The number of nitrogens with two attached hydrogens (primary N) is 1. The summed E-state index contributed by atoms with van der Waals surface area (Å²) < 4.78 is 5.01. The molecule has 0 spiro atoms. The van der Waals surface area contributed by atoms with Crippen LogP contribution < -0.4 is 11.4 Å². The first-order valence-electron chi connectivity index (χ1n) is 4.17. The van der Waals surface area contributed by atoms with Crippen molar-refractivity contribution in [3.63, 3.8) is 0 Å². The number of para-hydroxylation sites is 1. The molecular formula is C10H7NO3S. The number of benzene rings is 1. The van der Waals surface area contributed by atoms with Crippen molar-refractivity contribution < 1.29 is 9.21 Å². The van der Waals surface area contributed by atoms with Gasteiger partial charge in [-0.3, -0.25) is 4.79 Å². The minimum absolute atomic E-state index is 0.209. The zero-order valence-electron chi connectivity index (χ0n) is 7.60. The van der Waals surface area contributed by atoms with Crippen LogP contribution in [0.3, 0.4) is 0 Å². The maximum Gasteiger partial charge on any atom is 0.350 e. The summed E-state index contributed by atoms with van der Waals surface area (Å²) in [6.07, 6.45) is 0. The largest absolute Gasteiger partial charge is 0.422 e. The zero-order valence-corrected chi connectivity index (χ0v) is 8.41. The zero-order chi connectivity index (χ0) is 10.8. The van der Waals surface area contributed by atoms with Gasteiger partial charge in [0.15, 0.2) is 0 Å². The van der Waals surface area contributed by atoms with Crippen LogP contribution in [0.25, 0.3) is 11.0 Å². The van der Waals surface area contributed by atoms with E-state index in [-0.39, 0.29) is 4.90 Å². The van der Waals surface area contributed by atoms with Crippen LogP contribution in [0.2, 0.25) is 0 Å². The molecule has 0 aliphatic heterocycles. The van der Waals surface area contributed by atoms with E-state index in [2.05, 4.69) is 0 Å². The fourth-order valence-electron chi connectivity index (χ4n) is 1.22. The predicted octanol–water partition coefficient (Wildman–Crippen LogP) is 1.96. The van der Waals surface area contributed by atoms with E-state index in [0.717, 1.165) is 5.39 Å². The molecule has 0 bridgehead atoms. The number of carbonyl (C=O) groups is 1. The second kappa shape index (κ2) is 3.78. The summed E-state index contributed by atoms with van der Waals surface area (Å²) in [5, 5.41) is 0.137. The molecule has 0 radical (unpaired) electrons. The minimum Gasteiger partial charge on any atom is -0.422 e. The number of rotatable bonds is 1. The third-order valence-electron chi connectivity index (χ3n) is 1.82. The van der Waals surface area contributed by atoms with Crippen molar-refractivity contribution in [3.8, 4) is 0 Å². The summed E-state index contributed by atoms with van der Waals surface area (Å²) in [5.41, 5.74) is 4.93. The average molecular weight is 221 g/mol. The first kappa shape index (κ1) is 9.79. The van der Waals surface area contributed by atoms with E-state index in [1.807, 2.05) is 6.07 Å². The third kappa shape index (κ3) is 2.02. The van der Waals surface area contributed by atoms with E-state index in [9.17, 15) is 9.59 Å². The fraction of sp³-hybridized carbons (Fsp3) is 0. The van der Waals surface area contributed by atoms with Crippen LogP contribution in [0.1, 0.15) is 0 Å². The lowest BCUT2D eigenvalue weighted by Gasteiger charge is -1.98. The summed E-state index contributed by atoms with van der Waals surface area (Å²) in [6.45, 7) is 0. The Morgan fingerprint density at radius 1 is 1.33 bits per heavy atom. The van der Waals surface area contributed by atoms with Crippen molar-refractivity contribution in [1.29, 1.82) is 0 Å². The van der Waals surface area contributed by atoms with E-state index >= 15 is 0 Å². The van der Waals surface area contributed by atoms with Gasteiger partial charge in [-0.1, -0.05) is 18.2 Å². The van der Waals surface area contributed by atoms with Gasteiger partial charge in [-0.2, -0.15) is 0 Å². The van der Waals surface area contributed by atoms with Crippen molar-refractivity contribution in [2.45, 2.75) is 4.90 Å². The summed E-state index contributed by atoms with van der Waals surface area (Å²) >= 11 is 0.673. The number of amides is 1. The van der Waals surface area contributed by atoms with Gasteiger partial charge in [0.2, 0.25) is 0 Å². The molecule has 0 aliphatic rings. The van der Waals surface area contributed by atoms with Crippen LogP contribution in [0.5, 0.6) is 0 Å². The number of hydrogen-bond donors (Lipinski definition) is 1. The lowest BCUT2D eigenvalue weighted by Crippen LogP contribution is -2.08. The maximum atomic E-state index is 11.4. The molecular weight excluding hydrogens is 214 g/mol. The molecule has 1 amide bonds.